The number of ether oxygens (including phenoxy) is 1. The Hall–Kier alpha value is -1.09. The van der Waals surface area contributed by atoms with Crippen LogP contribution in [0.5, 0.6) is 5.75 Å². The first-order chi connectivity index (χ1) is 7.15. The third-order valence-corrected chi connectivity index (χ3v) is 3.21. The van der Waals surface area contributed by atoms with E-state index in [1.165, 1.54) is 0 Å². The van der Waals surface area contributed by atoms with Crippen molar-refractivity contribution in [3.05, 3.63) is 35.4 Å². The van der Waals surface area contributed by atoms with E-state index in [2.05, 4.69) is 22.5 Å². The van der Waals surface area contributed by atoms with Gasteiger partial charge in [-0.25, -0.2) is 0 Å². The molecule has 0 fully saturated rings. The fourth-order valence-electron chi connectivity index (χ4n) is 1.77. The van der Waals surface area contributed by atoms with Gasteiger partial charge in [-0.3, -0.25) is 4.79 Å². The number of carbonyl (C=O) groups excluding carboxylic acids is 1. The molecule has 1 aliphatic rings. The lowest BCUT2D eigenvalue weighted by Gasteiger charge is -2.11. The van der Waals surface area contributed by atoms with E-state index in [0.29, 0.717) is 16.6 Å². The molecule has 0 atom stereocenters. The molecule has 0 bridgehead atoms. The Kier molecular flexibility index (Phi) is 2.65. The second-order valence-electron chi connectivity index (χ2n) is 3.58. The molecule has 0 saturated carbocycles. The Morgan fingerprint density at radius 1 is 1.60 bits per heavy atom. The van der Waals surface area contributed by atoms with E-state index in [1.54, 1.807) is 0 Å². The lowest BCUT2D eigenvalue weighted by molar-refractivity contribution is 0.0961. The first kappa shape index (κ1) is 10.4. The summed E-state index contributed by atoms with van der Waals surface area (Å²) in [6.07, 6.45) is 0. The predicted molar refractivity (Wildman–Crippen MR) is 63.8 cm³/mol. The van der Waals surface area contributed by atoms with E-state index < -0.39 is 0 Å². The van der Waals surface area contributed by atoms with Gasteiger partial charge in [-0.2, -0.15) is 0 Å². The topological polar surface area (TPSA) is 26.3 Å². The second kappa shape index (κ2) is 3.81. The molecule has 1 aromatic rings. The highest BCUT2D eigenvalue weighted by Crippen LogP contribution is 2.36. The summed E-state index contributed by atoms with van der Waals surface area (Å²) >= 11 is 3.37. The molecule has 0 unspecified atom stereocenters. The highest BCUT2D eigenvalue weighted by atomic mass is 79.9. The molecule has 1 aromatic carbocycles. The standard InChI is InChI=1S/C12H11BrO2/c1-7-3-4-9-10(14)6-15-12(9)11(7)8(2)5-13/h3-4H,2,5-6H2,1H3. The van der Waals surface area contributed by atoms with Crippen LogP contribution in [-0.4, -0.2) is 17.7 Å². The zero-order valence-corrected chi connectivity index (χ0v) is 10.1. The summed E-state index contributed by atoms with van der Waals surface area (Å²) < 4.78 is 5.41. The smallest absolute Gasteiger partial charge is 0.203 e. The van der Waals surface area contributed by atoms with Gasteiger partial charge in [-0.15, -0.1) is 0 Å². The summed E-state index contributed by atoms with van der Waals surface area (Å²) in [6.45, 7) is 6.12. The van der Waals surface area contributed by atoms with Gasteiger partial charge in [-0.1, -0.05) is 28.6 Å². The number of hydrogen-bond donors (Lipinski definition) is 0. The summed E-state index contributed by atoms with van der Waals surface area (Å²) in [5.41, 5.74) is 3.68. The number of aryl methyl sites for hydroxylation is 1. The third-order valence-electron chi connectivity index (χ3n) is 2.53. The molecule has 15 heavy (non-hydrogen) atoms. The molecule has 0 aliphatic carbocycles. The number of benzene rings is 1. The van der Waals surface area contributed by atoms with Gasteiger partial charge in [0.25, 0.3) is 0 Å². The Morgan fingerprint density at radius 2 is 2.33 bits per heavy atom. The van der Waals surface area contributed by atoms with Crippen LogP contribution in [0.2, 0.25) is 0 Å². The van der Waals surface area contributed by atoms with Crippen molar-refractivity contribution in [1.29, 1.82) is 0 Å². The van der Waals surface area contributed by atoms with Gasteiger partial charge in [0, 0.05) is 10.9 Å². The summed E-state index contributed by atoms with van der Waals surface area (Å²) in [5, 5.41) is 0.682. The van der Waals surface area contributed by atoms with Gasteiger partial charge in [0.1, 0.15) is 5.75 Å². The first-order valence-electron chi connectivity index (χ1n) is 4.69. The van der Waals surface area contributed by atoms with E-state index in [4.69, 9.17) is 4.74 Å². The molecule has 1 heterocycles. The van der Waals surface area contributed by atoms with Crippen molar-refractivity contribution in [3.8, 4) is 5.75 Å². The fraction of sp³-hybridized carbons (Fsp3) is 0.250. The molecule has 0 spiro atoms. The van der Waals surface area contributed by atoms with Crippen molar-refractivity contribution in [2.75, 3.05) is 11.9 Å². The van der Waals surface area contributed by atoms with Gasteiger partial charge in [0.05, 0.1) is 5.56 Å². The van der Waals surface area contributed by atoms with Crippen molar-refractivity contribution in [2.24, 2.45) is 0 Å². The number of hydrogen-bond acceptors (Lipinski definition) is 2. The van der Waals surface area contributed by atoms with Gasteiger partial charge < -0.3 is 4.74 Å². The zero-order valence-electron chi connectivity index (χ0n) is 8.47. The number of halogens is 1. The summed E-state index contributed by atoms with van der Waals surface area (Å²) in [6, 6.07) is 3.76. The van der Waals surface area contributed by atoms with Crippen molar-refractivity contribution < 1.29 is 9.53 Å². The lowest BCUT2D eigenvalue weighted by Crippen LogP contribution is -1.98. The molecular formula is C12H11BrO2. The number of allylic oxidation sites excluding steroid dienone is 1. The maximum Gasteiger partial charge on any atom is 0.203 e. The van der Waals surface area contributed by atoms with E-state index in [0.717, 1.165) is 16.7 Å². The van der Waals surface area contributed by atoms with Crippen molar-refractivity contribution >= 4 is 27.3 Å². The summed E-state index contributed by atoms with van der Waals surface area (Å²) in [4.78, 5) is 11.5. The van der Waals surface area contributed by atoms with Gasteiger partial charge in [0.2, 0.25) is 5.78 Å². The summed E-state index contributed by atoms with van der Waals surface area (Å²) in [7, 11) is 0. The van der Waals surface area contributed by atoms with Gasteiger partial charge in [-0.05, 0) is 24.1 Å². The quantitative estimate of drug-likeness (QED) is 0.770. The molecule has 2 rings (SSSR count). The lowest BCUT2D eigenvalue weighted by atomic mass is 9.98. The highest BCUT2D eigenvalue weighted by Gasteiger charge is 2.25. The van der Waals surface area contributed by atoms with Gasteiger partial charge >= 0.3 is 0 Å². The highest BCUT2D eigenvalue weighted by molar-refractivity contribution is 9.09. The molecule has 0 aromatic heterocycles. The zero-order chi connectivity index (χ0) is 11.0. The van der Waals surface area contributed by atoms with E-state index in [9.17, 15) is 4.79 Å². The van der Waals surface area contributed by atoms with Crippen molar-refractivity contribution in [3.63, 3.8) is 0 Å². The fourth-order valence-corrected chi connectivity index (χ4v) is 2.05. The van der Waals surface area contributed by atoms with Crippen molar-refractivity contribution in [2.45, 2.75) is 6.92 Å². The maximum atomic E-state index is 11.5. The van der Waals surface area contributed by atoms with Crippen LogP contribution < -0.4 is 4.74 Å². The monoisotopic (exact) mass is 266 g/mol. The van der Waals surface area contributed by atoms with Gasteiger partial charge in [0.15, 0.2) is 6.61 Å². The van der Waals surface area contributed by atoms with E-state index >= 15 is 0 Å². The van der Waals surface area contributed by atoms with Crippen LogP contribution in [0.3, 0.4) is 0 Å². The second-order valence-corrected chi connectivity index (χ2v) is 4.14. The Morgan fingerprint density at radius 3 is 3.00 bits per heavy atom. The number of fused-ring (bicyclic) bond motifs is 1. The van der Waals surface area contributed by atoms with Crippen LogP contribution in [0, 0.1) is 6.92 Å². The molecule has 0 amide bonds. The molecule has 2 nitrogen and oxygen atoms in total. The Labute approximate surface area is 97.1 Å². The van der Waals surface area contributed by atoms with Crippen LogP contribution >= 0.6 is 15.9 Å². The Bertz CT molecular complexity index is 449. The van der Waals surface area contributed by atoms with E-state index in [1.807, 2.05) is 19.1 Å². The average molecular weight is 267 g/mol. The number of rotatable bonds is 2. The minimum atomic E-state index is 0.0497. The SMILES string of the molecule is C=C(CBr)c1c(C)ccc2c1OCC2=O. The average Bonchev–Trinajstić information content (AvgIpc) is 2.59. The number of ketones is 1. The molecule has 3 heteroatoms. The van der Waals surface area contributed by atoms with Crippen LogP contribution in [0.4, 0.5) is 0 Å². The minimum absolute atomic E-state index is 0.0497. The third kappa shape index (κ3) is 1.61. The molecule has 0 saturated heterocycles. The minimum Gasteiger partial charge on any atom is -0.484 e. The van der Waals surface area contributed by atoms with Crippen molar-refractivity contribution in [1.82, 2.24) is 0 Å². The summed E-state index contributed by atoms with van der Waals surface area (Å²) in [5.74, 6) is 0.748. The van der Waals surface area contributed by atoms with E-state index in [-0.39, 0.29) is 12.4 Å². The van der Waals surface area contributed by atoms with Crippen LogP contribution in [-0.2, 0) is 0 Å². The molecule has 78 valence electrons. The molecule has 0 radical (unpaired) electrons. The molecule has 0 N–H and O–H groups in total. The molecule has 1 aliphatic heterocycles. The predicted octanol–water partition coefficient (Wildman–Crippen LogP) is 2.98. The first-order valence-corrected chi connectivity index (χ1v) is 5.81. The number of Topliss-reactive ketones (excluding diaryl/α,β-unsaturated/α-hetero) is 1. The Balaban J connectivity index is 2.63. The van der Waals surface area contributed by atoms with Crippen LogP contribution in [0.1, 0.15) is 21.5 Å². The largest absolute Gasteiger partial charge is 0.484 e. The van der Waals surface area contributed by atoms with Crippen LogP contribution in [0.25, 0.3) is 5.57 Å². The number of alkyl halides is 1. The van der Waals surface area contributed by atoms with Crippen LogP contribution in [0.15, 0.2) is 18.7 Å². The molecular weight excluding hydrogens is 256 g/mol. The maximum absolute atomic E-state index is 11.5. The normalized spacial score (nSPS) is 13.6. The number of carbonyl (C=O) groups is 1.